The molecule has 0 saturated carbocycles. The monoisotopic (exact) mass is 377 g/mol. The number of benzene rings is 1. The van der Waals surface area contributed by atoms with E-state index in [0.717, 1.165) is 40.3 Å². The molecule has 0 aliphatic heterocycles. The highest BCUT2D eigenvalue weighted by atomic mass is 79.9. The van der Waals surface area contributed by atoms with Crippen LogP contribution in [0, 0.1) is 0 Å². The highest BCUT2D eigenvalue weighted by Crippen LogP contribution is 2.33. The normalized spacial score (nSPS) is 11.8. The predicted octanol–water partition coefficient (Wildman–Crippen LogP) is 4.98. The minimum absolute atomic E-state index is 0.219. The van der Waals surface area contributed by atoms with E-state index in [9.17, 15) is 5.11 Å². The third-order valence-corrected chi connectivity index (χ3v) is 4.98. The van der Waals surface area contributed by atoms with Crippen LogP contribution in [0.2, 0.25) is 0 Å². The van der Waals surface area contributed by atoms with Gasteiger partial charge < -0.3 is 10.4 Å². The van der Waals surface area contributed by atoms with E-state index < -0.39 is 0 Å². The van der Waals surface area contributed by atoms with Crippen LogP contribution in [-0.4, -0.2) is 10.6 Å². The van der Waals surface area contributed by atoms with Gasteiger partial charge in [0.1, 0.15) is 5.75 Å². The molecule has 0 saturated heterocycles. The van der Waals surface area contributed by atoms with Crippen LogP contribution in [0.5, 0.6) is 5.75 Å². The Morgan fingerprint density at radius 1 is 1.06 bits per heavy atom. The molecule has 4 heteroatoms. The number of hydrogen-bond donors (Lipinski definition) is 2. The molecule has 0 spiro atoms. The Kier molecular flexibility index (Phi) is 6.15. The molecule has 0 amide bonds. The summed E-state index contributed by atoms with van der Waals surface area (Å²) in [6.07, 6.45) is 3.38. The van der Waals surface area contributed by atoms with Crippen molar-refractivity contribution in [2.75, 3.05) is 0 Å². The predicted molar refractivity (Wildman–Crippen MR) is 84.0 cm³/mol. The lowest BCUT2D eigenvalue weighted by Gasteiger charge is -2.32. The quantitative estimate of drug-likeness (QED) is 0.731. The maximum Gasteiger partial charge on any atom is 0.143 e. The van der Waals surface area contributed by atoms with Crippen LogP contribution in [0.25, 0.3) is 0 Å². The Balaban J connectivity index is 2.80. The van der Waals surface area contributed by atoms with Gasteiger partial charge in [0.15, 0.2) is 0 Å². The Morgan fingerprint density at radius 2 is 1.50 bits per heavy atom. The molecule has 1 aromatic rings. The molecule has 0 bridgehead atoms. The first kappa shape index (κ1) is 16.0. The second kappa shape index (κ2) is 6.92. The molecular formula is C14H21Br2NO. The molecule has 0 aliphatic rings. The van der Waals surface area contributed by atoms with Crippen molar-refractivity contribution in [2.45, 2.75) is 52.1 Å². The number of rotatable bonds is 6. The summed E-state index contributed by atoms with van der Waals surface area (Å²) in [5.41, 5.74) is 1.38. The summed E-state index contributed by atoms with van der Waals surface area (Å²) in [6, 6.07) is 3.91. The summed E-state index contributed by atoms with van der Waals surface area (Å²) in [4.78, 5) is 0. The Bertz CT molecular complexity index is 372. The summed E-state index contributed by atoms with van der Waals surface area (Å²) in [5, 5.41) is 13.3. The maximum absolute atomic E-state index is 9.68. The highest BCUT2D eigenvalue weighted by Gasteiger charge is 2.22. The lowest BCUT2D eigenvalue weighted by molar-refractivity contribution is 0.288. The summed E-state index contributed by atoms with van der Waals surface area (Å²) < 4.78 is 1.45. The SMILES string of the molecule is CCC(CC)(CC)NCc1cc(Br)c(O)c(Br)c1. The van der Waals surface area contributed by atoms with Gasteiger partial charge in [-0.25, -0.2) is 0 Å². The third kappa shape index (κ3) is 3.72. The molecule has 0 aliphatic carbocycles. The molecule has 0 fully saturated rings. The molecule has 0 atom stereocenters. The smallest absolute Gasteiger partial charge is 0.143 e. The Morgan fingerprint density at radius 3 is 1.89 bits per heavy atom. The molecule has 1 aromatic carbocycles. The van der Waals surface area contributed by atoms with Gasteiger partial charge in [-0.3, -0.25) is 0 Å². The molecule has 0 radical (unpaired) electrons. The molecule has 0 aromatic heterocycles. The number of nitrogens with one attached hydrogen (secondary N) is 1. The van der Waals surface area contributed by atoms with E-state index in [4.69, 9.17) is 0 Å². The van der Waals surface area contributed by atoms with E-state index in [1.165, 1.54) is 0 Å². The third-order valence-electron chi connectivity index (χ3n) is 3.77. The first-order chi connectivity index (χ1) is 8.48. The van der Waals surface area contributed by atoms with Crippen LogP contribution in [0.3, 0.4) is 0 Å². The maximum atomic E-state index is 9.68. The number of phenolic OH excluding ortho intramolecular Hbond substituents is 1. The molecule has 2 nitrogen and oxygen atoms in total. The highest BCUT2D eigenvalue weighted by molar-refractivity contribution is 9.11. The first-order valence-corrected chi connectivity index (χ1v) is 7.98. The van der Waals surface area contributed by atoms with E-state index in [-0.39, 0.29) is 11.3 Å². The molecule has 18 heavy (non-hydrogen) atoms. The summed E-state index contributed by atoms with van der Waals surface area (Å²) in [7, 11) is 0. The number of hydrogen-bond acceptors (Lipinski definition) is 2. The van der Waals surface area contributed by atoms with Crippen LogP contribution in [-0.2, 0) is 6.54 Å². The number of phenols is 1. The van der Waals surface area contributed by atoms with Crippen molar-refractivity contribution < 1.29 is 5.11 Å². The van der Waals surface area contributed by atoms with Gasteiger partial charge in [0.05, 0.1) is 8.95 Å². The largest absolute Gasteiger partial charge is 0.506 e. The van der Waals surface area contributed by atoms with Crippen molar-refractivity contribution in [1.29, 1.82) is 0 Å². The zero-order valence-corrected chi connectivity index (χ0v) is 14.4. The van der Waals surface area contributed by atoms with Gasteiger partial charge >= 0.3 is 0 Å². The van der Waals surface area contributed by atoms with Gasteiger partial charge in [-0.2, -0.15) is 0 Å². The van der Waals surface area contributed by atoms with Crippen molar-refractivity contribution in [2.24, 2.45) is 0 Å². The van der Waals surface area contributed by atoms with E-state index in [1.807, 2.05) is 12.1 Å². The number of aromatic hydroxyl groups is 1. The molecule has 0 heterocycles. The van der Waals surface area contributed by atoms with Crippen LogP contribution < -0.4 is 5.32 Å². The van der Waals surface area contributed by atoms with E-state index >= 15 is 0 Å². The number of halogens is 2. The van der Waals surface area contributed by atoms with Crippen LogP contribution in [0.4, 0.5) is 0 Å². The van der Waals surface area contributed by atoms with Crippen molar-refractivity contribution >= 4 is 31.9 Å². The molecule has 102 valence electrons. The van der Waals surface area contributed by atoms with Gasteiger partial charge in [0.2, 0.25) is 0 Å². The van der Waals surface area contributed by atoms with Crippen LogP contribution in [0.15, 0.2) is 21.1 Å². The van der Waals surface area contributed by atoms with Crippen LogP contribution in [0.1, 0.15) is 45.6 Å². The zero-order valence-electron chi connectivity index (χ0n) is 11.2. The average Bonchev–Trinajstić information content (AvgIpc) is 2.38. The van der Waals surface area contributed by atoms with Crippen molar-refractivity contribution in [1.82, 2.24) is 5.32 Å². The standard InChI is InChI=1S/C14H21Br2NO/c1-4-14(5-2,6-3)17-9-10-7-11(15)13(18)12(16)8-10/h7-8,17-18H,4-6,9H2,1-3H3. The molecule has 1 rings (SSSR count). The summed E-state index contributed by atoms with van der Waals surface area (Å²) in [6.45, 7) is 7.49. The fourth-order valence-electron chi connectivity index (χ4n) is 2.13. The van der Waals surface area contributed by atoms with Crippen molar-refractivity contribution in [3.05, 3.63) is 26.6 Å². The minimum atomic E-state index is 0.219. The average molecular weight is 379 g/mol. The topological polar surface area (TPSA) is 32.3 Å². The van der Waals surface area contributed by atoms with Crippen molar-refractivity contribution in [3.8, 4) is 5.75 Å². The zero-order chi connectivity index (χ0) is 13.8. The summed E-state index contributed by atoms with van der Waals surface area (Å²) in [5.74, 6) is 0.256. The lowest BCUT2D eigenvalue weighted by Crippen LogP contribution is -2.43. The first-order valence-electron chi connectivity index (χ1n) is 6.40. The van der Waals surface area contributed by atoms with Gasteiger partial charge in [0, 0.05) is 12.1 Å². The molecule has 2 N–H and O–H groups in total. The molecule has 0 unspecified atom stereocenters. The minimum Gasteiger partial charge on any atom is -0.506 e. The van der Waals surface area contributed by atoms with E-state index in [1.54, 1.807) is 0 Å². The second-order valence-corrected chi connectivity index (χ2v) is 6.31. The Labute approximate surface area is 126 Å². The molecular weight excluding hydrogens is 358 g/mol. The van der Waals surface area contributed by atoms with Crippen molar-refractivity contribution in [3.63, 3.8) is 0 Å². The van der Waals surface area contributed by atoms with Gasteiger partial charge in [-0.1, -0.05) is 20.8 Å². The Hall–Kier alpha value is -0.0600. The lowest BCUT2D eigenvalue weighted by atomic mass is 9.89. The fraction of sp³-hybridized carbons (Fsp3) is 0.571. The fourth-order valence-corrected chi connectivity index (χ4v) is 3.42. The van der Waals surface area contributed by atoms with E-state index in [2.05, 4.69) is 57.9 Å². The van der Waals surface area contributed by atoms with Gasteiger partial charge in [0.25, 0.3) is 0 Å². The van der Waals surface area contributed by atoms with Gasteiger partial charge in [-0.15, -0.1) is 0 Å². The summed E-state index contributed by atoms with van der Waals surface area (Å²) >= 11 is 6.72. The van der Waals surface area contributed by atoms with E-state index in [0.29, 0.717) is 0 Å². The van der Waals surface area contributed by atoms with Gasteiger partial charge in [-0.05, 0) is 68.8 Å². The second-order valence-electron chi connectivity index (χ2n) is 4.60. The van der Waals surface area contributed by atoms with Crippen LogP contribution >= 0.6 is 31.9 Å².